The predicted molar refractivity (Wildman–Crippen MR) is 5.75 cm³/mol. The Balaban J connectivity index is 0. The van der Waals surface area contributed by atoms with Crippen molar-refractivity contribution in [1.82, 2.24) is 0 Å². The molecule has 32 valence electrons. The van der Waals surface area contributed by atoms with E-state index in [2.05, 4.69) is 0 Å². The monoisotopic (exact) mass is 254 g/mol. The normalized spacial score (nSPS) is 0. The average molecular weight is 253 g/mol. The molecule has 0 saturated carbocycles. The summed E-state index contributed by atoms with van der Waals surface area (Å²) < 4.78 is 0. The second kappa shape index (κ2) is 19.6. The molecule has 4 radical (unpaired) electrons. The molecule has 0 aliphatic carbocycles. The molecular formula is CuFeMnSe. The van der Waals surface area contributed by atoms with Crippen LogP contribution in [-0.2, 0) is 51.2 Å². The Bertz CT molecular complexity index is 8.00. The van der Waals surface area contributed by atoms with Crippen molar-refractivity contribution in [3.05, 3.63) is 0 Å². The summed E-state index contributed by atoms with van der Waals surface area (Å²) in [5, 5.41) is 0. The molecule has 0 spiro atoms. The molecular weight excluding hydrogens is 253 g/mol. The van der Waals surface area contributed by atoms with Crippen molar-refractivity contribution in [2.24, 2.45) is 0 Å². The summed E-state index contributed by atoms with van der Waals surface area (Å²) in [5.41, 5.74) is 0. The van der Waals surface area contributed by atoms with Gasteiger partial charge in [-0.25, -0.2) is 0 Å². The summed E-state index contributed by atoms with van der Waals surface area (Å²) in [7, 11) is 0. The molecule has 0 fully saturated rings. The largest absolute Gasteiger partial charge is 0 e. The summed E-state index contributed by atoms with van der Waals surface area (Å²) in [6.07, 6.45) is 0. The molecule has 0 aliphatic rings. The van der Waals surface area contributed by atoms with Gasteiger partial charge in [-0.3, -0.25) is 0 Å². The summed E-state index contributed by atoms with van der Waals surface area (Å²) >= 11 is 0. The number of hydrogen-bond donors (Lipinski definition) is 0. The average Bonchev–Trinajstić information content (AvgIpc) is 0. The Morgan fingerprint density at radius 2 is 1.00 bits per heavy atom. The third kappa shape index (κ3) is 8.95. The molecule has 4 heteroatoms. The van der Waals surface area contributed by atoms with Gasteiger partial charge < -0.3 is 0 Å². The molecule has 4 heavy (non-hydrogen) atoms. The minimum absolute atomic E-state index is 0. The zero-order valence-electron chi connectivity index (χ0n) is 1.44. The molecule has 0 N–H and O–H groups in total. The van der Waals surface area contributed by atoms with Gasteiger partial charge in [0.05, 0.1) is 0 Å². The molecule has 0 aromatic heterocycles. The fourth-order valence-corrected chi connectivity index (χ4v) is 0. The van der Waals surface area contributed by atoms with E-state index in [-0.39, 0.29) is 68.3 Å². The van der Waals surface area contributed by atoms with Gasteiger partial charge in [0.15, 0.2) is 0 Å². The third-order valence-electron chi connectivity index (χ3n) is 0. The van der Waals surface area contributed by atoms with Crippen LogP contribution in [0, 0.1) is 0 Å². The van der Waals surface area contributed by atoms with Gasteiger partial charge in [0, 0.05) is 68.3 Å². The zero-order chi connectivity index (χ0) is 0. The van der Waals surface area contributed by atoms with Crippen LogP contribution < -0.4 is 0 Å². The van der Waals surface area contributed by atoms with Crippen LogP contribution in [0.5, 0.6) is 0 Å². The van der Waals surface area contributed by atoms with Crippen molar-refractivity contribution in [3.63, 3.8) is 0 Å². The molecule has 0 amide bonds. The Hall–Kier alpha value is 2.08. The molecule has 0 aliphatic heterocycles. The fourth-order valence-electron chi connectivity index (χ4n) is 0. The molecule has 0 saturated heterocycles. The Morgan fingerprint density at radius 3 is 1.00 bits per heavy atom. The van der Waals surface area contributed by atoms with Gasteiger partial charge >= 0.3 is 0 Å². The summed E-state index contributed by atoms with van der Waals surface area (Å²) in [5.74, 6) is 0. The minimum atomic E-state index is 0. The summed E-state index contributed by atoms with van der Waals surface area (Å²) in [6, 6.07) is 0. The predicted octanol–water partition coefficient (Wildman–Crippen LogP) is -0.388. The zero-order valence-corrected chi connectivity index (χ0v) is 6.38. The van der Waals surface area contributed by atoms with Crippen LogP contribution in [0.2, 0.25) is 0 Å². The van der Waals surface area contributed by atoms with E-state index in [0.29, 0.717) is 0 Å². The van der Waals surface area contributed by atoms with Gasteiger partial charge in [-0.15, -0.1) is 0 Å². The fraction of sp³-hybridized carbons (Fsp3) is 0. The van der Waals surface area contributed by atoms with E-state index in [1.807, 2.05) is 0 Å². The van der Waals surface area contributed by atoms with Crippen molar-refractivity contribution >= 4 is 17.1 Å². The quantitative estimate of drug-likeness (QED) is 0.516. The van der Waals surface area contributed by atoms with Crippen molar-refractivity contribution < 1.29 is 51.2 Å². The van der Waals surface area contributed by atoms with E-state index < -0.39 is 0 Å². The van der Waals surface area contributed by atoms with Crippen LogP contribution >= 0.6 is 0 Å². The topological polar surface area (TPSA) is 0 Å². The minimum Gasteiger partial charge on any atom is 0 e. The second-order valence-electron chi connectivity index (χ2n) is 0. The van der Waals surface area contributed by atoms with Crippen molar-refractivity contribution in [1.29, 1.82) is 0 Å². The van der Waals surface area contributed by atoms with E-state index in [0.717, 1.165) is 0 Å². The van der Waals surface area contributed by atoms with Crippen LogP contribution in [0.4, 0.5) is 0 Å². The van der Waals surface area contributed by atoms with Gasteiger partial charge in [-0.2, -0.15) is 0 Å². The molecule has 0 rings (SSSR count). The van der Waals surface area contributed by atoms with E-state index >= 15 is 0 Å². The summed E-state index contributed by atoms with van der Waals surface area (Å²) in [6.45, 7) is 0. The first-order valence-electron chi connectivity index (χ1n) is 0. The van der Waals surface area contributed by atoms with Crippen molar-refractivity contribution in [2.45, 2.75) is 0 Å². The number of rotatable bonds is 0. The van der Waals surface area contributed by atoms with E-state index in [1.165, 1.54) is 0 Å². The molecule has 0 bridgehead atoms. The maximum atomic E-state index is 0. The molecule has 0 aromatic rings. The van der Waals surface area contributed by atoms with E-state index in [1.54, 1.807) is 0 Å². The van der Waals surface area contributed by atoms with Gasteiger partial charge in [0.1, 0.15) is 0 Å². The van der Waals surface area contributed by atoms with Gasteiger partial charge in [-0.1, -0.05) is 0 Å². The van der Waals surface area contributed by atoms with Crippen LogP contribution in [0.25, 0.3) is 0 Å². The van der Waals surface area contributed by atoms with Gasteiger partial charge in [-0.05, 0) is 0 Å². The molecule has 0 atom stereocenters. The molecule has 0 nitrogen and oxygen atoms in total. The molecule has 0 aromatic carbocycles. The van der Waals surface area contributed by atoms with Crippen LogP contribution in [-0.4, -0.2) is 17.1 Å². The molecule has 0 heterocycles. The first-order chi connectivity index (χ1) is 0. The Kier molecular flexibility index (Phi) is 177. The first-order valence-corrected chi connectivity index (χ1v) is 0. The van der Waals surface area contributed by atoms with Crippen molar-refractivity contribution in [3.8, 4) is 0 Å². The number of hydrogen-bond acceptors (Lipinski definition) is 0. The van der Waals surface area contributed by atoms with Crippen molar-refractivity contribution in [2.75, 3.05) is 0 Å². The van der Waals surface area contributed by atoms with E-state index in [4.69, 9.17) is 0 Å². The Morgan fingerprint density at radius 1 is 1.00 bits per heavy atom. The van der Waals surface area contributed by atoms with Gasteiger partial charge in [0.2, 0.25) is 0 Å². The summed E-state index contributed by atoms with van der Waals surface area (Å²) in [4.78, 5) is 0. The molecule has 0 unspecified atom stereocenters. The first kappa shape index (κ1) is 36.3. The smallest absolute Gasteiger partial charge is 0 e. The maximum Gasteiger partial charge on any atom is 0 e. The van der Waals surface area contributed by atoms with E-state index in [9.17, 15) is 0 Å². The third-order valence-corrected chi connectivity index (χ3v) is 0. The van der Waals surface area contributed by atoms with Crippen LogP contribution in [0.15, 0.2) is 0 Å². The maximum absolute atomic E-state index is 0. The van der Waals surface area contributed by atoms with Crippen LogP contribution in [0.1, 0.15) is 0 Å². The van der Waals surface area contributed by atoms with Crippen LogP contribution in [0.3, 0.4) is 0 Å². The SMILES string of the molecule is [Cu].[Fe].[Mn].[Se]. The Labute approximate surface area is 67.8 Å². The standard InChI is InChI=1S/Cu.Fe.Mn.Se. The second-order valence-corrected chi connectivity index (χ2v) is 0. The van der Waals surface area contributed by atoms with Gasteiger partial charge in [0.25, 0.3) is 0 Å².